The van der Waals surface area contributed by atoms with E-state index in [1.807, 2.05) is 50.2 Å². The fourth-order valence-corrected chi connectivity index (χ4v) is 3.11. The van der Waals surface area contributed by atoms with Crippen LogP contribution in [0.4, 0.5) is 0 Å². The Labute approximate surface area is 170 Å². The summed E-state index contributed by atoms with van der Waals surface area (Å²) < 4.78 is 11.5. The maximum Gasteiger partial charge on any atom is 0.287 e. The number of nitrogens with zero attached hydrogens (tertiary/aromatic N) is 1. The van der Waals surface area contributed by atoms with Gasteiger partial charge in [-0.2, -0.15) is 0 Å². The highest BCUT2D eigenvalue weighted by Crippen LogP contribution is 2.26. The lowest BCUT2D eigenvalue weighted by atomic mass is 10.1. The number of nitrogens with one attached hydrogen (secondary N) is 1. The van der Waals surface area contributed by atoms with Crippen molar-refractivity contribution in [1.82, 2.24) is 10.2 Å². The van der Waals surface area contributed by atoms with E-state index in [9.17, 15) is 9.59 Å². The molecule has 3 rings (SSSR count). The first-order valence-electron chi connectivity index (χ1n) is 9.69. The van der Waals surface area contributed by atoms with Crippen LogP contribution in [0.3, 0.4) is 0 Å². The molecule has 6 heteroatoms. The summed E-state index contributed by atoms with van der Waals surface area (Å²) in [5.74, 6) is 0.833. The molecule has 6 nitrogen and oxygen atoms in total. The number of amides is 1. The number of hydrogen-bond donors (Lipinski definition) is 1. The van der Waals surface area contributed by atoms with Gasteiger partial charge in [0, 0.05) is 29.5 Å². The molecule has 0 saturated carbocycles. The Kier molecular flexibility index (Phi) is 6.67. The molecule has 2 aromatic carbocycles. The van der Waals surface area contributed by atoms with Crippen molar-refractivity contribution in [2.45, 2.75) is 19.9 Å². The van der Waals surface area contributed by atoms with Crippen LogP contribution in [-0.2, 0) is 6.54 Å². The quantitative estimate of drug-likeness (QED) is 0.440. The summed E-state index contributed by atoms with van der Waals surface area (Å²) in [4.78, 5) is 26.3. The average molecular weight is 394 g/mol. The highest BCUT2D eigenvalue weighted by molar-refractivity contribution is 5.99. The number of fused-ring (bicyclic) bond motifs is 1. The molecule has 29 heavy (non-hydrogen) atoms. The van der Waals surface area contributed by atoms with E-state index in [0.717, 1.165) is 10.9 Å². The lowest BCUT2D eigenvalue weighted by Gasteiger charge is -2.11. The van der Waals surface area contributed by atoms with Gasteiger partial charge in [0.1, 0.15) is 17.9 Å². The van der Waals surface area contributed by atoms with Gasteiger partial charge in [-0.15, -0.1) is 0 Å². The van der Waals surface area contributed by atoms with E-state index in [2.05, 4.69) is 5.32 Å². The Morgan fingerprint density at radius 3 is 2.48 bits per heavy atom. The topological polar surface area (TPSA) is 71.8 Å². The largest absolute Gasteiger partial charge is 0.492 e. The molecule has 0 radical (unpaired) electrons. The van der Waals surface area contributed by atoms with Gasteiger partial charge in [0.2, 0.25) is 0 Å². The standard InChI is InChI=1S/C23H26N2O4/c1-4-20(26)16-9-11-17(12-10-16)28-14-13-24-23(27)22-19(15-25(2)3)18-7-5-6-8-21(18)29-22/h5-12H,4,13-15H2,1-3H3,(H,24,27). The molecule has 0 spiro atoms. The Morgan fingerprint density at radius 2 is 1.79 bits per heavy atom. The Hall–Kier alpha value is -3.12. The number of furan rings is 1. The van der Waals surface area contributed by atoms with Crippen molar-refractivity contribution < 1.29 is 18.7 Å². The molecule has 0 aliphatic carbocycles. The predicted molar refractivity (Wildman–Crippen MR) is 112 cm³/mol. The Morgan fingerprint density at radius 1 is 1.07 bits per heavy atom. The van der Waals surface area contributed by atoms with E-state index < -0.39 is 0 Å². The molecule has 152 valence electrons. The number of ether oxygens (including phenoxy) is 1. The van der Waals surface area contributed by atoms with Crippen LogP contribution in [0.1, 0.15) is 39.8 Å². The summed E-state index contributed by atoms with van der Waals surface area (Å²) >= 11 is 0. The van der Waals surface area contributed by atoms with Crippen molar-refractivity contribution in [2.75, 3.05) is 27.2 Å². The van der Waals surface area contributed by atoms with Crippen molar-refractivity contribution in [1.29, 1.82) is 0 Å². The van der Waals surface area contributed by atoms with Gasteiger partial charge in [0.15, 0.2) is 11.5 Å². The third-order valence-corrected chi connectivity index (χ3v) is 4.53. The molecule has 0 bridgehead atoms. The van der Waals surface area contributed by atoms with Crippen molar-refractivity contribution in [3.05, 3.63) is 65.4 Å². The summed E-state index contributed by atoms with van der Waals surface area (Å²) in [7, 11) is 3.91. The summed E-state index contributed by atoms with van der Waals surface area (Å²) in [6, 6.07) is 14.7. The Balaban J connectivity index is 1.59. The third-order valence-electron chi connectivity index (χ3n) is 4.53. The first kappa shape index (κ1) is 20.6. The molecule has 0 aliphatic rings. The van der Waals surface area contributed by atoms with Gasteiger partial charge in [-0.25, -0.2) is 0 Å². The number of carbonyl (C=O) groups excluding carboxylic acids is 2. The first-order valence-corrected chi connectivity index (χ1v) is 9.69. The number of para-hydroxylation sites is 1. The van der Waals surface area contributed by atoms with Crippen LogP contribution >= 0.6 is 0 Å². The van der Waals surface area contributed by atoms with Crippen LogP contribution in [0.5, 0.6) is 5.75 Å². The van der Waals surface area contributed by atoms with Gasteiger partial charge >= 0.3 is 0 Å². The van der Waals surface area contributed by atoms with Crippen LogP contribution in [0, 0.1) is 0 Å². The molecule has 1 heterocycles. The van der Waals surface area contributed by atoms with Gasteiger partial charge in [-0.3, -0.25) is 9.59 Å². The summed E-state index contributed by atoms with van der Waals surface area (Å²) in [5, 5.41) is 3.80. The van der Waals surface area contributed by atoms with Gasteiger partial charge in [0.25, 0.3) is 5.91 Å². The van der Waals surface area contributed by atoms with Gasteiger partial charge < -0.3 is 19.4 Å². The van der Waals surface area contributed by atoms with Gasteiger partial charge in [0.05, 0.1) is 6.54 Å². The zero-order valence-electron chi connectivity index (χ0n) is 17.0. The van der Waals surface area contributed by atoms with Crippen LogP contribution in [-0.4, -0.2) is 43.8 Å². The second kappa shape index (κ2) is 9.39. The normalized spacial score (nSPS) is 11.0. The molecular weight excluding hydrogens is 368 g/mol. The molecule has 0 atom stereocenters. The average Bonchev–Trinajstić information content (AvgIpc) is 3.09. The third kappa shape index (κ3) is 5.03. The SMILES string of the molecule is CCC(=O)c1ccc(OCCNC(=O)c2oc3ccccc3c2CN(C)C)cc1. The number of carbonyl (C=O) groups is 2. The molecule has 0 aliphatic heterocycles. The minimum atomic E-state index is -0.259. The predicted octanol–water partition coefficient (Wildman–Crippen LogP) is 3.90. The van der Waals surface area contributed by atoms with Gasteiger partial charge in [-0.05, 0) is 44.4 Å². The van der Waals surface area contributed by atoms with Crippen LogP contribution in [0.25, 0.3) is 11.0 Å². The smallest absolute Gasteiger partial charge is 0.287 e. The maximum absolute atomic E-state index is 12.7. The van der Waals surface area contributed by atoms with E-state index >= 15 is 0 Å². The minimum Gasteiger partial charge on any atom is -0.492 e. The highest BCUT2D eigenvalue weighted by atomic mass is 16.5. The number of benzene rings is 2. The van der Waals surface area contributed by atoms with E-state index in [-0.39, 0.29) is 11.7 Å². The number of hydrogen-bond acceptors (Lipinski definition) is 5. The van der Waals surface area contributed by atoms with E-state index in [1.165, 1.54) is 0 Å². The Bertz CT molecular complexity index is 990. The summed E-state index contributed by atoms with van der Waals surface area (Å²) in [6.07, 6.45) is 0.476. The van der Waals surface area contributed by atoms with Crippen molar-refractivity contribution in [2.24, 2.45) is 0 Å². The van der Waals surface area contributed by atoms with Crippen molar-refractivity contribution in [3.63, 3.8) is 0 Å². The second-order valence-corrected chi connectivity index (χ2v) is 7.05. The first-order chi connectivity index (χ1) is 14.0. The van der Waals surface area contributed by atoms with E-state index in [1.54, 1.807) is 24.3 Å². The van der Waals surface area contributed by atoms with Crippen LogP contribution in [0.15, 0.2) is 52.9 Å². The lowest BCUT2D eigenvalue weighted by Crippen LogP contribution is -2.29. The lowest BCUT2D eigenvalue weighted by molar-refractivity contribution is 0.0918. The zero-order chi connectivity index (χ0) is 20.8. The fourth-order valence-electron chi connectivity index (χ4n) is 3.11. The number of ketones is 1. The zero-order valence-corrected chi connectivity index (χ0v) is 17.0. The molecule has 1 N–H and O–H groups in total. The molecular formula is C23H26N2O4. The van der Waals surface area contributed by atoms with E-state index in [0.29, 0.717) is 48.8 Å². The molecule has 0 unspecified atom stereocenters. The summed E-state index contributed by atoms with van der Waals surface area (Å²) in [5.41, 5.74) is 2.25. The van der Waals surface area contributed by atoms with Gasteiger partial charge in [-0.1, -0.05) is 25.1 Å². The molecule has 0 fully saturated rings. The number of rotatable bonds is 9. The second-order valence-electron chi connectivity index (χ2n) is 7.05. The molecule has 3 aromatic rings. The highest BCUT2D eigenvalue weighted by Gasteiger charge is 2.20. The molecule has 1 aromatic heterocycles. The minimum absolute atomic E-state index is 0.100. The number of Topliss-reactive ketones (excluding diaryl/α,β-unsaturated/α-hetero) is 1. The molecule has 1 amide bonds. The maximum atomic E-state index is 12.7. The fraction of sp³-hybridized carbons (Fsp3) is 0.304. The van der Waals surface area contributed by atoms with E-state index in [4.69, 9.17) is 9.15 Å². The van der Waals surface area contributed by atoms with Crippen LogP contribution in [0.2, 0.25) is 0 Å². The molecule has 0 saturated heterocycles. The van der Waals surface area contributed by atoms with Crippen LogP contribution < -0.4 is 10.1 Å². The monoisotopic (exact) mass is 394 g/mol. The van der Waals surface area contributed by atoms with Crippen molar-refractivity contribution >= 4 is 22.7 Å². The summed E-state index contributed by atoms with van der Waals surface area (Å²) in [6.45, 7) is 3.10. The van der Waals surface area contributed by atoms with Crippen molar-refractivity contribution in [3.8, 4) is 5.75 Å².